The predicted molar refractivity (Wildman–Crippen MR) is 260 cm³/mol. The summed E-state index contributed by atoms with van der Waals surface area (Å²) in [7, 11) is 0. The number of unbranched alkanes of at least 4 members (excludes halogenated alkanes) is 4. The van der Waals surface area contributed by atoms with Gasteiger partial charge in [0.2, 0.25) is 17.7 Å². The number of hydrogen-bond donors (Lipinski definition) is 4. The number of nitrogens with zero attached hydrogens (tertiary/aromatic N) is 4. The molecule has 15 nitrogen and oxygen atoms in total. The molecule has 0 unspecified atom stereocenters. The molecule has 3 amide bonds. The first-order chi connectivity index (χ1) is 33.5. The molecule has 5 aromatic rings. The highest BCUT2D eigenvalue weighted by Gasteiger charge is 2.44. The summed E-state index contributed by atoms with van der Waals surface area (Å²) in [6, 6.07) is 20.7. The van der Waals surface area contributed by atoms with Crippen molar-refractivity contribution in [2.45, 2.75) is 104 Å². The lowest BCUT2D eigenvalue weighted by molar-refractivity contribution is -0.274. The Hall–Kier alpha value is -6.15. The van der Waals surface area contributed by atoms with E-state index in [1.54, 1.807) is 17.4 Å². The van der Waals surface area contributed by atoms with Gasteiger partial charge < -0.3 is 44.9 Å². The van der Waals surface area contributed by atoms with Crippen LogP contribution in [0.3, 0.4) is 0 Å². The number of aromatic nitrogens is 3. The van der Waals surface area contributed by atoms with Crippen molar-refractivity contribution in [3.8, 4) is 33.2 Å². The number of aryl methyl sites for hydroxylation is 1. The van der Waals surface area contributed by atoms with Crippen LogP contribution < -0.4 is 25.4 Å². The summed E-state index contributed by atoms with van der Waals surface area (Å²) in [5, 5.41) is 19.4. The van der Waals surface area contributed by atoms with E-state index >= 15 is 0 Å². The number of aliphatic hydroxyl groups excluding tert-OH is 1. The fourth-order valence-corrected chi connectivity index (χ4v) is 8.54. The van der Waals surface area contributed by atoms with Gasteiger partial charge in [-0.15, -0.1) is 24.5 Å². The van der Waals surface area contributed by atoms with Crippen molar-refractivity contribution in [3.05, 3.63) is 102 Å². The van der Waals surface area contributed by atoms with Crippen LogP contribution in [0.1, 0.15) is 77.0 Å². The molecule has 3 atom stereocenters. The SMILES string of the molecule is Cc1ncsc1-c1ccc(CNC(=O)[C@@H]2C[C@@H](O)CN2C(=O)[C@@H](NC(=O)COCCCCCOCCCCCOc2cccc(-c3cc(Nc4ccc(OC(F)(F)F)cc4)ncn3)c2)C(C)(C)C)cc1. The van der Waals surface area contributed by atoms with Crippen molar-refractivity contribution in [1.82, 2.24) is 30.5 Å². The molecule has 376 valence electrons. The summed E-state index contributed by atoms with van der Waals surface area (Å²) in [5.74, 6) is -0.381. The van der Waals surface area contributed by atoms with Crippen LogP contribution in [0.5, 0.6) is 11.5 Å². The number of ether oxygens (including phenoxy) is 4. The largest absolute Gasteiger partial charge is 0.573 e. The summed E-state index contributed by atoms with van der Waals surface area (Å²) >= 11 is 1.57. The van der Waals surface area contributed by atoms with Crippen molar-refractivity contribution >= 4 is 40.6 Å². The molecular weight excluding hydrogens is 928 g/mol. The Balaban J connectivity index is 0.805. The van der Waals surface area contributed by atoms with Crippen LogP contribution in [0, 0.1) is 12.3 Å². The van der Waals surface area contributed by atoms with Crippen LogP contribution in [0.2, 0.25) is 0 Å². The molecule has 0 spiro atoms. The van der Waals surface area contributed by atoms with Gasteiger partial charge in [-0.25, -0.2) is 15.0 Å². The second-order valence-electron chi connectivity index (χ2n) is 18.1. The van der Waals surface area contributed by atoms with E-state index in [4.69, 9.17) is 14.2 Å². The van der Waals surface area contributed by atoms with Crippen LogP contribution in [0.4, 0.5) is 24.7 Å². The van der Waals surface area contributed by atoms with Gasteiger partial charge in [0.05, 0.1) is 34.5 Å². The minimum atomic E-state index is -4.76. The lowest BCUT2D eigenvalue weighted by atomic mass is 9.85. The van der Waals surface area contributed by atoms with E-state index < -0.39 is 41.8 Å². The van der Waals surface area contributed by atoms with E-state index in [0.717, 1.165) is 65.8 Å². The number of halogens is 3. The summed E-state index contributed by atoms with van der Waals surface area (Å²) in [5.41, 5.74) is 6.02. The predicted octanol–water partition coefficient (Wildman–Crippen LogP) is 8.78. The van der Waals surface area contributed by atoms with Crippen LogP contribution in [0.25, 0.3) is 21.7 Å². The smallest absolute Gasteiger partial charge is 0.494 e. The number of hydrogen-bond acceptors (Lipinski definition) is 13. The topological polar surface area (TPSA) is 186 Å². The van der Waals surface area contributed by atoms with Gasteiger partial charge in [-0.3, -0.25) is 14.4 Å². The molecule has 1 fully saturated rings. The molecule has 1 aliphatic heterocycles. The summed E-state index contributed by atoms with van der Waals surface area (Å²) in [4.78, 5) is 55.7. The van der Waals surface area contributed by atoms with Crippen molar-refractivity contribution in [1.29, 1.82) is 0 Å². The normalized spacial score (nSPS) is 15.3. The molecule has 2 aromatic heterocycles. The van der Waals surface area contributed by atoms with Crippen LogP contribution in [-0.4, -0.2) is 107 Å². The molecular formula is C51H62F3N7O8S. The maximum Gasteiger partial charge on any atom is 0.573 e. The number of likely N-dealkylation sites (tertiary alicyclic amines) is 1. The third-order valence-electron chi connectivity index (χ3n) is 11.4. The van der Waals surface area contributed by atoms with Crippen LogP contribution in [0.15, 0.2) is 90.7 Å². The number of carbonyl (C=O) groups is 3. The van der Waals surface area contributed by atoms with E-state index in [0.29, 0.717) is 49.4 Å². The van der Waals surface area contributed by atoms with Gasteiger partial charge in [0, 0.05) is 56.6 Å². The Morgan fingerprint density at radius 3 is 2.20 bits per heavy atom. The first-order valence-corrected chi connectivity index (χ1v) is 24.3. The highest BCUT2D eigenvalue weighted by molar-refractivity contribution is 7.13. The number of benzene rings is 3. The molecule has 0 radical (unpaired) electrons. The molecule has 3 heterocycles. The maximum atomic E-state index is 13.9. The third-order valence-corrected chi connectivity index (χ3v) is 12.4. The first kappa shape index (κ1) is 53.2. The zero-order chi connectivity index (χ0) is 50.1. The molecule has 0 bridgehead atoms. The number of alkyl halides is 3. The van der Waals surface area contributed by atoms with Gasteiger partial charge in [0.15, 0.2) is 0 Å². The molecule has 3 aromatic carbocycles. The standard InChI is InChI=1S/C51H62F3N7O8S/c1-34-46(70-33-58-34)36-16-14-35(15-17-36)29-55-48(64)43-27-39(62)30-61(43)49(65)47(50(2,3)4)60-45(63)31-67-24-9-5-7-22-66-23-8-6-10-25-68-41-13-11-12-37(26-41)42-28-44(57-32-56-42)59-38-18-20-40(21-19-38)69-51(52,53)54/h11-21,26,28,32-33,39,43,47,62H,5-10,22-25,27,29-31H2,1-4H3,(H,55,64)(H,60,63)(H,56,57,59)/t39-,43+,47-/m1/s1. The minimum Gasteiger partial charge on any atom is -0.494 e. The van der Waals surface area contributed by atoms with Gasteiger partial charge >= 0.3 is 6.36 Å². The number of rotatable bonds is 25. The van der Waals surface area contributed by atoms with Crippen molar-refractivity contribution in [3.63, 3.8) is 0 Å². The molecule has 4 N–H and O–H groups in total. The average molecular weight is 990 g/mol. The Labute approximate surface area is 410 Å². The Morgan fingerprint density at radius 2 is 1.53 bits per heavy atom. The third kappa shape index (κ3) is 16.8. The minimum absolute atomic E-state index is 0.00852. The lowest BCUT2D eigenvalue weighted by Crippen LogP contribution is -2.58. The quantitative estimate of drug-likeness (QED) is 0.0408. The number of carbonyl (C=O) groups excluding carboxylic acids is 3. The molecule has 1 saturated heterocycles. The summed E-state index contributed by atoms with van der Waals surface area (Å²) < 4.78 is 58.8. The number of aliphatic hydroxyl groups is 1. The van der Waals surface area contributed by atoms with E-state index in [9.17, 15) is 32.7 Å². The zero-order valence-corrected chi connectivity index (χ0v) is 40.7. The fourth-order valence-electron chi connectivity index (χ4n) is 7.72. The van der Waals surface area contributed by atoms with Gasteiger partial charge in [-0.05, 0) is 98.4 Å². The first-order valence-electron chi connectivity index (χ1n) is 23.4. The highest BCUT2D eigenvalue weighted by atomic mass is 32.1. The monoisotopic (exact) mass is 989 g/mol. The number of β-amino-alcohol motifs (C(OH)–C–C–N with tert-alkyl or cyclic N) is 1. The van der Waals surface area contributed by atoms with Crippen molar-refractivity contribution in [2.75, 3.05) is 44.9 Å². The number of amides is 3. The van der Waals surface area contributed by atoms with Crippen molar-refractivity contribution < 1.29 is 51.6 Å². The summed E-state index contributed by atoms with van der Waals surface area (Å²) in [6.45, 7) is 9.69. The van der Waals surface area contributed by atoms with E-state index in [1.807, 2.05) is 81.7 Å². The fraction of sp³-hybridized carbons (Fsp3) is 0.451. The van der Waals surface area contributed by atoms with E-state index in [1.165, 1.54) is 35.5 Å². The Morgan fingerprint density at radius 1 is 0.829 bits per heavy atom. The maximum absolute atomic E-state index is 13.9. The Kier molecular flexibility index (Phi) is 19.5. The average Bonchev–Trinajstić information content (AvgIpc) is 3.95. The van der Waals surface area contributed by atoms with Gasteiger partial charge in [0.1, 0.15) is 42.3 Å². The molecule has 0 aliphatic carbocycles. The van der Waals surface area contributed by atoms with Gasteiger partial charge in [-0.1, -0.05) is 57.2 Å². The van der Waals surface area contributed by atoms with E-state index in [-0.39, 0.29) is 37.8 Å². The number of thiazole rings is 1. The van der Waals surface area contributed by atoms with Gasteiger partial charge in [-0.2, -0.15) is 0 Å². The lowest BCUT2D eigenvalue weighted by Gasteiger charge is -2.35. The van der Waals surface area contributed by atoms with Gasteiger partial charge in [0.25, 0.3) is 0 Å². The van der Waals surface area contributed by atoms with Crippen LogP contribution >= 0.6 is 11.3 Å². The molecule has 6 rings (SSSR count). The van der Waals surface area contributed by atoms with E-state index in [2.05, 4.69) is 35.6 Å². The molecule has 19 heteroatoms. The van der Waals surface area contributed by atoms with Crippen molar-refractivity contribution in [2.24, 2.45) is 5.41 Å². The molecule has 70 heavy (non-hydrogen) atoms. The second kappa shape index (κ2) is 25.6. The second-order valence-corrected chi connectivity index (χ2v) is 18.9. The highest BCUT2D eigenvalue weighted by Crippen LogP contribution is 2.30. The molecule has 1 aliphatic rings. The molecule has 0 saturated carbocycles. The number of nitrogens with one attached hydrogen (secondary N) is 3. The Bertz CT molecular complexity index is 2450. The zero-order valence-electron chi connectivity index (χ0n) is 39.9. The number of anilines is 2. The van der Waals surface area contributed by atoms with Crippen LogP contribution in [-0.2, 0) is 30.4 Å². The summed E-state index contributed by atoms with van der Waals surface area (Å²) in [6.07, 6.45) is 1.01.